The van der Waals surface area contributed by atoms with Gasteiger partial charge >= 0.3 is 0 Å². The van der Waals surface area contributed by atoms with Crippen LogP contribution in [0.5, 0.6) is 0 Å². The van der Waals surface area contributed by atoms with E-state index in [2.05, 4.69) is 10.1 Å². The Bertz CT molecular complexity index is 1060. The number of nitrogens with zero attached hydrogens (tertiary/aromatic N) is 4. The minimum absolute atomic E-state index is 0.241. The lowest BCUT2D eigenvalue weighted by Crippen LogP contribution is -2.43. The molecular weight excluding hydrogens is 340 g/mol. The molecule has 4 rings (SSSR count). The molecule has 124 valence electrons. The molecule has 0 unspecified atom stereocenters. The average molecular weight is 353 g/mol. The lowest BCUT2D eigenvalue weighted by atomic mass is 10.2. The van der Waals surface area contributed by atoms with Crippen LogP contribution in [-0.2, 0) is 0 Å². The summed E-state index contributed by atoms with van der Waals surface area (Å²) in [5.74, 6) is 0.00507. The van der Waals surface area contributed by atoms with E-state index in [4.69, 9.17) is 11.6 Å². The van der Waals surface area contributed by atoms with Gasteiger partial charge in [-0.15, -0.1) is 0 Å². The van der Waals surface area contributed by atoms with Crippen molar-refractivity contribution < 1.29 is 4.79 Å². The number of carbonyl (C=O) groups excluding carboxylic acids is 1. The van der Waals surface area contributed by atoms with Crippen LogP contribution in [0.4, 0.5) is 0 Å². The third-order valence-corrected chi connectivity index (χ3v) is 4.29. The summed E-state index contributed by atoms with van der Waals surface area (Å²) in [6.45, 7) is 0.827. The van der Waals surface area contributed by atoms with E-state index in [-0.39, 0.29) is 17.4 Å². The monoisotopic (exact) mass is 352 g/mol. The molecule has 7 heteroatoms. The van der Waals surface area contributed by atoms with Gasteiger partial charge in [0.05, 0.1) is 18.1 Å². The first-order valence-corrected chi connectivity index (χ1v) is 8.12. The molecule has 0 saturated carbocycles. The van der Waals surface area contributed by atoms with Crippen LogP contribution in [0.1, 0.15) is 10.4 Å². The van der Waals surface area contributed by atoms with Gasteiger partial charge in [-0.25, -0.2) is 4.99 Å². The fourth-order valence-electron chi connectivity index (χ4n) is 2.79. The van der Waals surface area contributed by atoms with Crippen LogP contribution in [0, 0.1) is 0 Å². The number of hydrogen-bond acceptors (Lipinski definition) is 4. The predicted octanol–water partition coefficient (Wildman–Crippen LogP) is 2.41. The number of hydrogen-bond donors (Lipinski definition) is 0. The van der Waals surface area contributed by atoms with Gasteiger partial charge in [0.2, 0.25) is 5.96 Å². The molecule has 1 aliphatic heterocycles. The Morgan fingerprint density at radius 3 is 2.64 bits per heavy atom. The maximum absolute atomic E-state index is 12.8. The zero-order valence-corrected chi connectivity index (χ0v) is 13.8. The minimum atomic E-state index is -0.298. The summed E-state index contributed by atoms with van der Waals surface area (Å²) >= 11 is 5.87. The van der Waals surface area contributed by atoms with E-state index >= 15 is 0 Å². The van der Waals surface area contributed by atoms with Gasteiger partial charge in [-0.05, 0) is 30.3 Å². The van der Waals surface area contributed by atoms with E-state index in [1.54, 1.807) is 42.6 Å². The smallest absolute Gasteiger partial charge is 0.275 e. The van der Waals surface area contributed by atoms with Crippen LogP contribution in [0.2, 0.25) is 5.02 Å². The molecule has 1 aliphatic rings. The fraction of sp³-hybridized carbons (Fsp3) is 0.111. The number of aromatic nitrogens is 2. The highest BCUT2D eigenvalue weighted by Crippen LogP contribution is 2.14. The summed E-state index contributed by atoms with van der Waals surface area (Å²) < 4.78 is 1.18. The number of benzene rings is 2. The molecule has 0 saturated heterocycles. The first-order chi connectivity index (χ1) is 12.1. The van der Waals surface area contributed by atoms with Crippen molar-refractivity contribution in [2.75, 3.05) is 13.1 Å². The summed E-state index contributed by atoms with van der Waals surface area (Å²) in [6, 6.07) is 13.8. The van der Waals surface area contributed by atoms with E-state index in [1.165, 1.54) is 9.58 Å². The summed E-state index contributed by atoms with van der Waals surface area (Å²) in [7, 11) is 0. The van der Waals surface area contributed by atoms with Crippen LogP contribution >= 0.6 is 11.6 Å². The fourth-order valence-corrected chi connectivity index (χ4v) is 2.92. The third-order valence-electron chi connectivity index (χ3n) is 4.04. The van der Waals surface area contributed by atoms with Crippen molar-refractivity contribution in [3.8, 4) is 0 Å². The van der Waals surface area contributed by atoms with Crippen molar-refractivity contribution in [1.29, 1.82) is 0 Å². The quantitative estimate of drug-likeness (QED) is 0.675. The lowest BCUT2D eigenvalue weighted by molar-refractivity contribution is 0.0853. The summed E-state index contributed by atoms with van der Waals surface area (Å²) in [6.07, 6.45) is 1.60. The zero-order chi connectivity index (χ0) is 17.4. The maximum Gasteiger partial charge on any atom is 0.282 e. The second kappa shape index (κ2) is 6.14. The van der Waals surface area contributed by atoms with Gasteiger partial charge in [0, 0.05) is 22.5 Å². The molecule has 0 fully saturated rings. The van der Waals surface area contributed by atoms with E-state index in [1.807, 2.05) is 12.1 Å². The first-order valence-electron chi connectivity index (χ1n) is 7.74. The highest BCUT2D eigenvalue weighted by Gasteiger charge is 2.27. The molecule has 0 bridgehead atoms. The highest BCUT2D eigenvalue weighted by molar-refractivity contribution is 6.30. The molecule has 1 amide bonds. The molecule has 25 heavy (non-hydrogen) atoms. The highest BCUT2D eigenvalue weighted by atomic mass is 35.5. The SMILES string of the molecule is O=C(c1ccc(Cl)cc1)N1CCN=C1n1ncc2ccccc2c1=O. The van der Waals surface area contributed by atoms with Crippen LogP contribution in [0.25, 0.3) is 10.8 Å². The van der Waals surface area contributed by atoms with Gasteiger partial charge in [-0.1, -0.05) is 29.8 Å². The molecule has 0 radical (unpaired) electrons. The first kappa shape index (κ1) is 15.5. The molecule has 2 heterocycles. The number of halogens is 1. The number of carbonyl (C=O) groups is 1. The van der Waals surface area contributed by atoms with Gasteiger partial charge in [-0.2, -0.15) is 9.78 Å². The van der Waals surface area contributed by atoms with E-state index in [0.29, 0.717) is 29.1 Å². The molecule has 1 aromatic heterocycles. The summed E-state index contributed by atoms with van der Waals surface area (Å²) in [5.41, 5.74) is 0.181. The van der Waals surface area contributed by atoms with Crippen molar-refractivity contribution in [1.82, 2.24) is 14.7 Å². The van der Waals surface area contributed by atoms with Gasteiger partial charge < -0.3 is 0 Å². The van der Waals surface area contributed by atoms with Gasteiger partial charge in [0.25, 0.3) is 11.5 Å². The minimum Gasteiger partial charge on any atom is -0.275 e. The second-order valence-corrected chi connectivity index (χ2v) is 6.03. The number of aliphatic imine (C=N–C) groups is 1. The predicted molar refractivity (Wildman–Crippen MR) is 96.2 cm³/mol. The van der Waals surface area contributed by atoms with Crippen molar-refractivity contribution in [2.24, 2.45) is 4.99 Å². The van der Waals surface area contributed by atoms with Crippen LogP contribution in [-0.4, -0.2) is 39.6 Å². The molecule has 2 aromatic carbocycles. The van der Waals surface area contributed by atoms with E-state index in [0.717, 1.165) is 5.39 Å². The normalized spacial score (nSPS) is 14.0. The van der Waals surface area contributed by atoms with Crippen molar-refractivity contribution in [3.63, 3.8) is 0 Å². The van der Waals surface area contributed by atoms with Crippen LogP contribution in [0.3, 0.4) is 0 Å². The van der Waals surface area contributed by atoms with E-state index in [9.17, 15) is 9.59 Å². The zero-order valence-electron chi connectivity index (χ0n) is 13.1. The second-order valence-electron chi connectivity index (χ2n) is 5.59. The lowest BCUT2D eigenvalue weighted by Gasteiger charge is -2.18. The molecule has 6 nitrogen and oxygen atoms in total. The average Bonchev–Trinajstić information content (AvgIpc) is 3.12. The Hall–Kier alpha value is -2.99. The topological polar surface area (TPSA) is 67.6 Å². The summed E-state index contributed by atoms with van der Waals surface area (Å²) in [5, 5.41) is 6.02. The van der Waals surface area contributed by atoms with Crippen molar-refractivity contribution in [3.05, 3.63) is 75.7 Å². The van der Waals surface area contributed by atoms with Gasteiger partial charge in [0.15, 0.2) is 0 Å². The number of fused-ring (bicyclic) bond motifs is 1. The molecule has 0 N–H and O–H groups in total. The molecule has 0 aliphatic carbocycles. The van der Waals surface area contributed by atoms with Crippen molar-refractivity contribution >= 4 is 34.2 Å². The van der Waals surface area contributed by atoms with Gasteiger partial charge in [0.1, 0.15) is 0 Å². The Morgan fingerprint density at radius 2 is 1.84 bits per heavy atom. The van der Waals surface area contributed by atoms with Crippen LogP contribution < -0.4 is 5.56 Å². The molecule has 0 spiro atoms. The third kappa shape index (κ3) is 2.70. The van der Waals surface area contributed by atoms with Crippen molar-refractivity contribution in [2.45, 2.75) is 0 Å². The number of rotatable bonds is 1. The molecule has 0 atom stereocenters. The molecule has 3 aromatic rings. The Labute approximate surface area is 148 Å². The van der Waals surface area contributed by atoms with Gasteiger partial charge in [-0.3, -0.25) is 14.5 Å². The summed E-state index contributed by atoms with van der Waals surface area (Å²) in [4.78, 5) is 31.3. The maximum atomic E-state index is 12.8. The Balaban J connectivity index is 1.75. The standard InChI is InChI=1S/C18H13ClN4O2/c19-14-7-5-12(6-8-14)16(24)22-10-9-20-18(22)23-17(25)15-4-2-1-3-13(15)11-21-23/h1-8,11H,9-10H2. The Morgan fingerprint density at radius 1 is 1.08 bits per heavy atom. The van der Waals surface area contributed by atoms with Crippen LogP contribution in [0.15, 0.2) is 64.5 Å². The number of amides is 1. The molecular formula is C18H13ClN4O2. The van der Waals surface area contributed by atoms with E-state index < -0.39 is 0 Å². The Kier molecular flexibility index (Phi) is 3.82. The largest absolute Gasteiger partial charge is 0.282 e.